The fourth-order valence-electron chi connectivity index (χ4n) is 3.44. The smallest absolute Gasteiger partial charge is 0.416 e. The number of hydrogen-bond donors (Lipinski definition) is 1. The molecule has 33 heavy (non-hydrogen) atoms. The third-order valence-corrected chi connectivity index (χ3v) is 5.21. The van der Waals surface area contributed by atoms with Crippen molar-refractivity contribution < 1.29 is 27.1 Å². The van der Waals surface area contributed by atoms with Gasteiger partial charge in [-0.15, -0.1) is 0 Å². The van der Waals surface area contributed by atoms with E-state index >= 15 is 0 Å². The summed E-state index contributed by atoms with van der Waals surface area (Å²) in [5.74, 6) is -2.94. The Labute approximate surface area is 186 Å². The summed E-state index contributed by atoms with van der Waals surface area (Å²) >= 11 is 0. The quantitative estimate of drug-likeness (QED) is 0.535. The van der Waals surface area contributed by atoms with Gasteiger partial charge < -0.3 is 10.1 Å². The Bertz CT molecular complexity index is 1190. The molecule has 0 radical (unpaired) electrons. The van der Waals surface area contributed by atoms with Crippen molar-refractivity contribution in [2.24, 2.45) is 0 Å². The second-order valence-corrected chi connectivity index (χ2v) is 7.53. The molecule has 1 fully saturated rings. The van der Waals surface area contributed by atoms with Crippen LogP contribution in [0.3, 0.4) is 0 Å². The Morgan fingerprint density at radius 1 is 1.15 bits per heavy atom. The molecule has 0 aliphatic carbocycles. The maximum atomic E-state index is 14.8. The molecule has 2 atom stereocenters. The topological polar surface area (TPSA) is 80.2 Å². The van der Waals surface area contributed by atoms with Gasteiger partial charge in [0, 0.05) is 28.6 Å². The molecule has 1 aliphatic heterocycles. The Kier molecular flexibility index (Phi) is 6.12. The van der Waals surface area contributed by atoms with E-state index in [-0.39, 0.29) is 23.7 Å². The minimum Gasteiger partial charge on any atom is -0.447 e. The predicted molar refractivity (Wildman–Crippen MR) is 112 cm³/mol. The molecule has 11 heteroatoms. The lowest BCUT2D eigenvalue weighted by Crippen LogP contribution is -2.36. The number of cyclic esters (lactones) is 1. The fraction of sp³-hybridized carbons (Fsp3) is 0.273. The number of aryl methyl sites for hydroxylation is 1. The molecule has 172 valence electrons. The molecule has 3 heterocycles. The zero-order valence-electron chi connectivity index (χ0n) is 17.7. The van der Waals surface area contributed by atoms with Crippen molar-refractivity contribution in [2.45, 2.75) is 25.9 Å². The van der Waals surface area contributed by atoms with Crippen LogP contribution >= 0.6 is 0 Å². The number of anilines is 2. The summed E-state index contributed by atoms with van der Waals surface area (Å²) in [6.45, 7) is 2.11. The van der Waals surface area contributed by atoms with Gasteiger partial charge in [-0.1, -0.05) is 6.07 Å². The van der Waals surface area contributed by atoms with Crippen LogP contribution in [0.15, 0.2) is 36.7 Å². The SMILES string of the molecule is Cc1ccc(-c2cc(F)c([C@H](C)Nc3ncc(F)c(N4C(=O)OC[C@@H]4CF)n3)cc2F)cn1. The maximum Gasteiger partial charge on any atom is 0.416 e. The summed E-state index contributed by atoms with van der Waals surface area (Å²) in [6, 6.07) is 3.59. The van der Waals surface area contributed by atoms with Gasteiger partial charge in [0.2, 0.25) is 5.95 Å². The van der Waals surface area contributed by atoms with Crippen molar-refractivity contribution in [1.29, 1.82) is 0 Å². The van der Waals surface area contributed by atoms with Crippen LogP contribution in [0.2, 0.25) is 0 Å². The Morgan fingerprint density at radius 3 is 2.64 bits per heavy atom. The number of rotatable bonds is 6. The van der Waals surface area contributed by atoms with Gasteiger partial charge in [0.1, 0.15) is 31.0 Å². The number of nitrogens with zero attached hydrogens (tertiary/aromatic N) is 4. The van der Waals surface area contributed by atoms with E-state index in [0.29, 0.717) is 5.56 Å². The average Bonchev–Trinajstić information content (AvgIpc) is 3.17. The lowest BCUT2D eigenvalue weighted by atomic mass is 10.0. The largest absolute Gasteiger partial charge is 0.447 e. The highest BCUT2D eigenvalue weighted by Gasteiger charge is 2.37. The van der Waals surface area contributed by atoms with Crippen molar-refractivity contribution in [3.05, 3.63) is 65.4 Å². The van der Waals surface area contributed by atoms with Crippen LogP contribution in [0.5, 0.6) is 0 Å². The molecule has 1 N–H and O–H groups in total. The molecule has 0 saturated carbocycles. The first-order chi connectivity index (χ1) is 15.8. The zero-order chi connectivity index (χ0) is 23.7. The highest BCUT2D eigenvalue weighted by molar-refractivity contribution is 5.89. The molecule has 1 saturated heterocycles. The first-order valence-corrected chi connectivity index (χ1v) is 10.0. The number of halogens is 4. The van der Waals surface area contributed by atoms with Crippen molar-refractivity contribution in [2.75, 3.05) is 23.5 Å². The molecule has 0 spiro atoms. The standard InChI is InChI=1S/C22H19F4N5O2/c1-11-3-4-13(8-27-11)16-6-17(24)15(5-18(16)25)12(2)29-21-28-9-19(26)20(30-21)31-14(7-23)10-33-22(31)32/h3-6,8-9,12,14H,7,10H2,1-2H3,(H,28,29,30)/t12-,14-/m0/s1. The third-order valence-electron chi connectivity index (χ3n) is 5.21. The van der Waals surface area contributed by atoms with Crippen LogP contribution in [0, 0.1) is 24.4 Å². The summed E-state index contributed by atoms with van der Waals surface area (Å²) in [7, 11) is 0. The maximum absolute atomic E-state index is 14.8. The monoisotopic (exact) mass is 461 g/mol. The number of aromatic nitrogens is 3. The molecule has 3 aromatic rings. The van der Waals surface area contributed by atoms with Gasteiger partial charge >= 0.3 is 6.09 Å². The molecular formula is C22H19F4N5O2. The third kappa shape index (κ3) is 4.43. The Hall–Kier alpha value is -3.76. The molecule has 4 rings (SSSR count). The van der Waals surface area contributed by atoms with E-state index in [1.54, 1.807) is 19.1 Å². The molecule has 0 bridgehead atoms. The van der Waals surface area contributed by atoms with Gasteiger partial charge in [0.25, 0.3) is 0 Å². The van der Waals surface area contributed by atoms with E-state index in [4.69, 9.17) is 4.74 Å². The van der Waals surface area contributed by atoms with Crippen LogP contribution in [-0.4, -0.2) is 40.4 Å². The van der Waals surface area contributed by atoms with Crippen molar-refractivity contribution >= 4 is 17.9 Å². The first-order valence-electron chi connectivity index (χ1n) is 10.0. The van der Waals surface area contributed by atoms with Crippen LogP contribution < -0.4 is 10.2 Å². The average molecular weight is 461 g/mol. The predicted octanol–water partition coefficient (Wildman–Crippen LogP) is 4.73. The van der Waals surface area contributed by atoms with Crippen LogP contribution in [0.25, 0.3) is 11.1 Å². The molecule has 7 nitrogen and oxygen atoms in total. The number of amides is 1. The van der Waals surface area contributed by atoms with Gasteiger partial charge in [-0.3, -0.25) is 4.98 Å². The number of carbonyl (C=O) groups excluding carboxylic acids is 1. The van der Waals surface area contributed by atoms with Gasteiger partial charge in [0.05, 0.1) is 12.2 Å². The highest BCUT2D eigenvalue weighted by atomic mass is 19.1. The number of benzene rings is 1. The normalized spacial score (nSPS) is 16.6. The summed E-state index contributed by atoms with van der Waals surface area (Å²) in [5.41, 5.74) is 1.21. The number of hydrogen-bond acceptors (Lipinski definition) is 6. The first kappa shape index (κ1) is 22.4. The van der Waals surface area contributed by atoms with Gasteiger partial charge in [-0.25, -0.2) is 32.2 Å². The van der Waals surface area contributed by atoms with E-state index in [9.17, 15) is 22.4 Å². The van der Waals surface area contributed by atoms with Crippen molar-refractivity contribution in [3.8, 4) is 11.1 Å². The molecule has 1 aromatic carbocycles. The van der Waals surface area contributed by atoms with E-state index < -0.39 is 48.1 Å². The van der Waals surface area contributed by atoms with Gasteiger partial charge in [-0.05, 0) is 32.0 Å². The molecule has 0 unspecified atom stereocenters. The summed E-state index contributed by atoms with van der Waals surface area (Å²) in [5, 5.41) is 2.75. The molecule has 1 aliphatic rings. The summed E-state index contributed by atoms with van der Waals surface area (Å²) in [4.78, 5) is 24.5. The lowest BCUT2D eigenvalue weighted by molar-refractivity contribution is 0.177. The van der Waals surface area contributed by atoms with Gasteiger partial charge in [-0.2, -0.15) is 4.98 Å². The summed E-state index contributed by atoms with van der Waals surface area (Å²) < 4.78 is 61.8. The number of carbonyl (C=O) groups is 1. The minimum atomic E-state index is -1.03. The van der Waals surface area contributed by atoms with E-state index in [1.165, 1.54) is 13.1 Å². The second kappa shape index (κ2) is 9.00. The number of alkyl halides is 1. The van der Waals surface area contributed by atoms with Crippen LogP contribution in [0.1, 0.15) is 24.2 Å². The second-order valence-electron chi connectivity index (χ2n) is 7.53. The number of ether oxygens (including phenoxy) is 1. The molecule has 2 aromatic heterocycles. The summed E-state index contributed by atoms with van der Waals surface area (Å²) in [6.07, 6.45) is 1.31. The fourth-order valence-corrected chi connectivity index (χ4v) is 3.44. The Morgan fingerprint density at radius 2 is 1.94 bits per heavy atom. The molecular weight excluding hydrogens is 442 g/mol. The van der Waals surface area contributed by atoms with E-state index in [2.05, 4.69) is 20.3 Å². The van der Waals surface area contributed by atoms with Crippen molar-refractivity contribution in [1.82, 2.24) is 15.0 Å². The van der Waals surface area contributed by atoms with Crippen LogP contribution in [0.4, 0.5) is 34.1 Å². The van der Waals surface area contributed by atoms with E-state index in [1.807, 2.05) is 0 Å². The lowest BCUT2D eigenvalue weighted by Gasteiger charge is -2.20. The van der Waals surface area contributed by atoms with Crippen molar-refractivity contribution in [3.63, 3.8) is 0 Å². The number of nitrogens with one attached hydrogen (secondary N) is 1. The van der Waals surface area contributed by atoms with Gasteiger partial charge in [0.15, 0.2) is 11.6 Å². The highest BCUT2D eigenvalue weighted by Crippen LogP contribution is 2.30. The minimum absolute atomic E-state index is 0.0204. The number of pyridine rings is 1. The molecule has 1 amide bonds. The Balaban J connectivity index is 1.60. The zero-order valence-corrected chi connectivity index (χ0v) is 17.7. The van der Waals surface area contributed by atoms with E-state index in [0.717, 1.165) is 28.9 Å². The van der Waals surface area contributed by atoms with Crippen LogP contribution in [-0.2, 0) is 4.74 Å².